The Labute approximate surface area is 145 Å². The third-order valence-electron chi connectivity index (χ3n) is 4.42. The molecule has 24 heavy (non-hydrogen) atoms. The van der Waals surface area contributed by atoms with Crippen molar-refractivity contribution in [2.75, 3.05) is 51.5 Å². The van der Waals surface area contributed by atoms with Crippen molar-refractivity contribution < 1.29 is 21.6 Å². The number of benzene rings is 1. The van der Waals surface area contributed by atoms with Crippen molar-refractivity contribution in [1.29, 1.82) is 0 Å². The van der Waals surface area contributed by atoms with E-state index in [4.69, 9.17) is 10.3 Å². The standard InChI is InChI=1S/C15H26N3.CH4O4S/c1-4-11-18(2,3)15-9-10-17(12-15)14-7-5-13(16)6-8-14;1-5-6(2,3)4/h5-8,15H,4,9-12,16H2,1-3H3;1H3,(H,2,3,4)/q+1;. The van der Waals surface area contributed by atoms with E-state index in [1.54, 1.807) is 0 Å². The number of hydrogen-bond acceptors (Lipinski definition) is 5. The Bertz CT molecular complexity index is 602. The smallest absolute Gasteiger partial charge is 0.397 e. The van der Waals surface area contributed by atoms with Crippen LogP contribution in [0.25, 0.3) is 0 Å². The van der Waals surface area contributed by atoms with E-state index in [0.717, 1.165) is 29.9 Å². The molecule has 1 saturated heterocycles. The quantitative estimate of drug-likeness (QED) is 0.472. The first-order valence-corrected chi connectivity index (χ1v) is 9.41. The fourth-order valence-electron chi connectivity index (χ4n) is 2.99. The Morgan fingerprint density at radius 1 is 1.33 bits per heavy atom. The predicted octanol–water partition coefficient (Wildman–Crippen LogP) is 1.77. The van der Waals surface area contributed by atoms with Crippen molar-refractivity contribution in [3.8, 4) is 0 Å². The van der Waals surface area contributed by atoms with Crippen LogP contribution in [0, 0.1) is 0 Å². The van der Waals surface area contributed by atoms with Crippen molar-refractivity contribution in [1.82, 2.24) is 0 Å². The molecular weight excluding hydrogens is 330 g/mol. The maximum absolute atomic E-state index is 9.33. The monoisotopic (exact) mass is 360 g/mol. The van der Waals surface area contributed by atoms with Crippen LogP contribution in [0.1, 0.15) is 19.8 Å². The summed E-state index contributed by atoms with van der Waals surface area (Å²) in [7, 11) is 1.43. The molecule has 7 nitrogen and oxygen atoms in total. The minimum absolute atomic E-state index is 0.752. The molecule has 0 saturated carbocycles. The van der Waals surface area contributed by atoms with Gasteiger partial charge >= 0.3 is 10.4 Å². The second kappa shape index (κ2) is 8.66. The maximum atomic E-state index is 9.33. The topological polar surface area (TPSA) is 92.9 Å². The summed E-state index contributed by atoms with van der Waals surface area (Å²) >= 11 is 0. The van der Waals surface area contributed by atoms with Crippen LogP contribution in [-0.2, 0) is 14.6 Å². The van der Waals surface area contributed by atoms with Gasteiger partial charge in [-0.1, -0.05) is 6.92 Å². The van der Waals surface area contributed by atoms with Crippen LogP contribution in [0.2, 0.25) is 0 Å². The summed E-state index contributed by atoms with van der Waals surface area (Å²) in [5, 5.41) is 0. The summed E-state index contributed by atoms with van der Waals surface area (Å²) in [5.74, 6) is 0. The van der Waals surface area contributed by atoms with E-state index < -0.39 is 10.4 Å². The fraction of sp³-hybridized carbons (Fsp3) is 0.625. The van der Waals surface area contributed by atoms with Crippen molar-refractivity contribution >= 4 is 21.8 Å². The van der Waals surface area contributed by atoms with Gasteiger partial charge in [-0.3, -0.25) is 8.74 Å². The van der Waals surface area contributed by atoms with Gasteiger partial charge in [-0.25, -0.2) is 0 Å². The molecule has 1 aromatic carbocycles. The van der Waals surface area contributed by atoms with Gasteiger partial charge in [-0.05, 0) is 30.7 Å². The van der Waals surface area contributed by atoms with Crippen LogP contribution in [0.3, 0.4) is 0 Å². The number of likely N-dealkylation sites (N-methyl/N-ethyl adjacent to an activating group) is 1. The molecule has 0 aromatic heterocycles. The largest absolute Gasteiger partial charge is 0.399 e. The fourth-order valence-corrected chi connectivity index (χ4v) is 2.99. The lowest BCUT2D eigenvalue weighted by atomic mass is 10.2. The first kappa shape index (κ1) is 20.7. The molecule has 1 fully saturated rings. The van der Waals surface area contributed by atoms with Crippen LogP contribution in [0.5, 0.6) is 0 Å². The summed E-state index contributed by atoms with van der Waals surface area (Å²) in [4.78, 5) is 2.49. The average molecular weight is 361 g/mol. The second-order valence-electron chi connectivity index (χ2n) is 6.58. The molecule has 0 bridgehead atoms. The Morgan fingerprint density at radius 2 is 1.88 bits per heavy atom. The lowest BCUT2D eigenvalue weighted by molar-refractivity contribution is -0.912. The van der Waals surface area contributed by atoms with Gasteiger partial charge in [0.25, 0.3) is 0 Å². The van der Waals surface area contributed by atoms with Gasteiger partial charge < -0.3 is 15.1 Å². The summed E-state index contributed by atoms with van der Waals surface area (Å²) in [6.07, 6.45) is 2.54. The lowest BCUT2D eigenvalue weighted by Gasteiger charge is -2.36. The Kier molecular flexibility index (Phi) is 7.47. The summed E-state index contributed by atoms with van der Waals surface area (Å²) in [6, 6.07) is 9.01. The Balaban J connectivity index is 0.000000413. The van der Waals surface area contributed by atoms with Crippen LogP contribution in [0.15, 0.2) is 24.3 Å². The number of nitrogen functional groups attached to an aromatic ring is 1. The molecule has 1 atom stereocenters. The van der Waals surface area contributed by atoms with Gasteiger partial charge in [-0.15, -0.1) is 0 Å². The minimum atomic E-state index is -4.16. The average Bonchev–Trinajstić information content (AvgIpc) is 2.98. The van der Waals surface area contributed by atoms with Gasteiger partial charge in [0.05, 0.1) is 34.3 Å². The Morgan fingerprint density at radius 3 is 2.33 bits per heavy atom. The molecule has 1 aromatic rings. The molecule has 3 N–H and O–H groups in total. The number of anilines is 2. The van der Waals surface area contributed by atoms with Gasteiger partial charge in [0.2, 0.25) is 0 Å². The molecule has 1 heterocycles. The van der Waals surface area contributed by atoms with Crippen LogP contribution >= 0.6 is 0 Å². The molecular formula is C16H30N3O4S+. The van der Waals surface area contributed by atoms with E-state index in [9.17, 15) is 8.42 Å². The van der Waals surface area contributed by atoms with Crippen molar-refractivity contribution in [2.24, 2.45) is 0 Å². The molecule has 1 aliphatic heterocycles. The normalized spacial score (nSPS) is 18.2. The molecule has 0 amide bonds. The molecule has 138 valence electrons. The summed E-state index contributed by atoms with van der Waals surface area (Å²) in [6.45, 7) is 5.86. The number of nitrogens with zero attached hydrogens (tertiary/aromatic N) is 2. The SMILES string of the molecule is CCC[N+](C)(C)C1CCN(c2ccc(N)cc2)C1.COS(=O)(=O)O. The number of rotatable bonds is 5. The van der Waals surface area contributed by atoms with Crippen molar-refractivity contribution in [2.45, 2.75) is 25.8 Å². The number of hydrogen-bond donors (Lipinski definition) is 2. The van der Waals surface area contributed by atoms with E-state index in [2.05, 4.69) is 42.2 Å². The molecule has 1 aliphatic rings. The zero-order chi connectivity index (χ0) is 18.4. The second-order valence-corrected chi connectivity index (χ2v) is 7.77. The molecule has 2 rings (SSSR count). The third kappa shape index (κ3) is 6.64. The highest BCUT2D eigenvalue weighted by molar-refractivity contribution is 7.80. The van der Waals surface area contributed by atoms with E-state index in [-0.39, 0.29) is 0 Å². The highest BCUT2D eigenvalue weighted by atomic mass is 32.3. The van der Waals surface area contributed by atoms with Gasteiger partial charge in [-0.2, -0.15) is 8.42 Å². The molecule has 0 spiro atoms. The summed E-state index contributed by atoms with van der Waals surface area (Å²) in [5.41, 5.74) is 7.89. The first-order valence-electron chi connectivity index (χ1n) is 8.05. The number of nitrogens with two attached hydrogens (primary N) is 1. The molecule has 0 aliphatic carbocycles. The first-order chi connectivity index (χ1) is 11.1. The van der Waals surface area contributed by atoms with E-state index >= 15 is 0 Å². The van der Waals surface area contributed by atoms with E-state index in [1.807, 2.05) is 12.1 Å². The third-order valence-corrected chi connectivity index (χ3v) is 4.84. The van der Waals surface area contributed by atoms with Gasteiger partial charge in [0.1, 0.15) is 6.04 Å². The highest BCUT2D eigenvalue weighted by Gasteiger charge is 2.34. The van der Waals surface area contributed by atoms with E-state index in [1.165, 1.54) is 31.6 Å². The summed E-state index contributed by atoms with van der Waals surface area (Å²) < 4.78 is 30.8. The highest BCUT2D eigenvalue weighted by Crippen LogP contribution is 2.26. The van der Waals surface area contributed by atoms with Crippen LogP contribution in [-0.4, -0.2) is 64.3 Å². The number of quaternary nitrogens is 1. The molecule has 1 unspecified atom stereocenters. The predicted molar refractivity (Wildman–Crippen MR) is 97.3 cm³/mol. The maximum Gasteiger partial charge on any atom is 0.397 e. The molecule has 0 radical (unpaired) electrons. The van der Waals surface area contributed by atoms with Gasteiger partial charge in [0.15, 0.2) is 0 Å². The zero-order valence-electron chi connectivity index (χ0n) is 15.0. The van der Waals surface area contributed by atoms with Gasteiger partial charge in [0, 0.05) is 24.3 Å². The lowest BCUT2D eigenvalue weighted by Crippen LogP contribution is -2.50. The Hall–Kier alpha value is -1.35. The van der Waals surface area contributed by atoms with Crippen LogP contribution < -0.4 is 10.6 Å². The van der Waals surface area contributed by atoms with Crippen molar-refractivity contribution in [3.63, 3.8) is 0 Å². The molecule has 8 heteroatoms. The van der Waals surface area contributed by atoms with Crippen LogP contribution in [0.4, 0.5) is 11.4 Å². The zero-order valence-corrected chi connectivity index (χ0v) is 15.8. The minimum Gasteiger partial charge on any atom is -0.399 e. The van der Waals surface area contributed by atoms with E-state index in [0.29, 0.717) is 0 Å². The van der Waals surface area contributed by atoms with Crippen molar-refractivity contribution in [3.05, 3.63) is 24.3 Å².